The highest BCUT2D eigenvalue weighted by Crippen LogP contribution is 2.29. The Morgan fingerprint density at radius 2 is 1.27 bits per heavy atom. The van der Waals surface area contributed by atoms with Gasteiger partial charge in [0.25, 0.3) is 11.1 Å². The molecule has 3 heterocycles. The molecule has 1 aliphatic rings. The van der Waals surface area contributed by atoms with Crippen molar-refractivity contribution in [2.24, 2.45) is 5.92 Å². The summed E-state index contributed by atoms with van der Waals surface area (Å²) in [6, 6.07) is 29.4. The van der Waals surface area contributed by atoms with Crippen molar-refractivity contribution in [1.82, 2.24) is 30.2 Å². The first-order chi connectivity index (χ1) is 32.0. The van der Waals surface area contributed by atoms with Crippen molar-refractivity contribution in [3.63, 3.8) is 0 Å². The van der Waals surface area contributed by atoms with Gasteiger partial charge >= 0.3 is 12.2 Å². The molecule has 16 nitrogen and oxygen atoms in total. The molecule has 2 aromatic heterocycles. The monoisotopic (exact) mass is 904 g/mol. The van der Waals surface area contributed by atoms with E-state index in [1.165, 1.54) is 27.6 Å². The lowest BCUT2D eigenvalue weighted by molar-refractivity contribution is 0.167. The maximum Gasteiger partial charge on any atom is 0.411 e. The van der Waals surface area contributed by atoms with E-state index >= 15 is 8.78 Å². The quantitative estimate of drug-likeness (QED) is 0.0647. The third kappa shape index (κ3) is 12.9. The molecule has 6 aromatic rings. The van der Waals surface area contributed by atoms with E-state index in [-0.39, 0.29) is 61.8 Å². The van der Waals surface area contributed by atoms with Gasteiger partial charge in [0, 0.05) is 41.2 Å². The third-order valence-electron chi connectivity index (χ3n) is 10.5. The lowest BCUT2D eigenvalue weighted by Crippen LogP contribution is -2.49. The molecule has 0 spiro atoms. The molecule has 4 N–H and O–H groups in total. The van der Waals surface area contributed by atoms with Crippen LogP contribution in [0.4, 0.5) is 29.7 Å². The lowest BCUT2D eigenvalue weighted by Gasteiger charge is -2.31. The second kappa shape index (κ2) is 22.5. The number of hydrogen-bond donors (Lipinski definition) is 4. The zero-order valence-corrected chi connectivity index (χ0v) is 36.4. The Bertz CT molecular complexity index is 2730. The van der Waals surface area contributed by atoms with E-state index in [2.05, 4.69) is 31.5 Å². The van der Waals surface area contributed by atoms with Crippen LogP contribution in [0.1, 0.15) is 37.8 Å². The average molecular weight is 905 g/mol. The number of nitrogens with zero attached hydrogens (tertiary/aromatic N) is 4. The maximum absolute atomic E-state index is 15.4. The summed E-state index contributed by atoms with van der Waals surface area (Å²) in [7, 11) is 0. The van der Waals surface area contributed by atoms with Crippen LogP contribution >= 0.6 is 0 Å². The molecule has 0 aliphatic carbocycles. The van der Waals surface area contributed by atoms with Gasteiger partial charge in [-0.25, -0.2) is 27.7 Å². The van der Waals surface area contributed by atoms with Crippen molar-refractivity contribution < 1.29 is 37.3 Å². The molecule has 18 heteroatoms. The first-order valence-electron chi connectivity index (χ1n) is 21.6. The van der Waals surface area contributed by atoms with E-state index in [9.17, 15) is 19.2 Å². The van der Waals surface area contributed by atoms with E-state index < -0.39 is 35.1 Å². The van der Waals surface area contributed by atoms with Crippen molar-refractivity contribution in [2.45, 2.75) is 45.9 Å². The van der Waals surface area contributed by atoms with Gasteiger partial charge in [-0.05, 0) is 123 Å². The van der Waals surface area contributed by atoms with Crippen molar-refractivity contribution in [3.05, 3.63) is 153 Å². The van der Waals surface area contributed by atoms with Gasteiger partial charge in [-0.1, -0.05) is 24.3 Å². The number of hydrogen-bond acceptors (Lipinski definition) is 12. The summed E-state index contributed by atoms with van der Waals surface area (Å²) in [6.45, 7) is 5.84. The van der Waals surface area contributed by atoms with Crippen LogP contribution in [0.15, 0.2) is 119 Å². The molecule has 1 saturated heterocycles. The number of benzene rings is 4. The third-order valence-corrected chi connectivity index (χ3v) is 10.5. The SMILES string of the molecule is CCOC(=O)Nc1cccc(Cn2nc(-c3ccc(OCCNC4CC(COc5c(F)cc(-c6ccc(=O)n(Cc7cccc(NC(=O)OCC)c7)n6)cc5F)CCN4)cc3)ccc2=O)c1. The zero-order valence-electron chi connectivity index (χ0n) is 36.4. The highest BCUT2D eigenvalue weighted by Gasteiger charge is 2.24. The molecule has 344 valence electrons. The smallest absolute Gasteiger partial charge is 0.411 e. The fourth-order valence-corrected chi connectivity index (χ4v) is 7.32. The van der Waals surface area contributed by atoms with Gasteiger partial charge in [0.15, 0.2) is 17.4 Å². The Balaban J connectivity index is 0.868. The standard InChI is InChI=1S/C48H50F2N8O8/c1-3-63-47(61)53-36-9-5-7-31(23-36)28-57-44(59)17-15-41(55-57)34-11-13-38(14-12-34)65-22-21-52-43-25-33(19-20-51-43)30-66-46-39(49)26-35(27-40(46)50)42-16-18-45(60)58(56-42)29-32-8-6-10-37(24-32)54-48(62)64-4-2/h5-18,23-24,26-27,33,43,51-52H,3-4,19-22,25,28-30H2,1-2H3,(H,53,61)(H,54,62). The van der Waals surface area contributed by atoms with Gasteiger partial charge in [0.05, 0.1) is 50.5 Å². The Morgan fingerprint density at radius 3 is 1.83 bits per heavy atom. The molecule has 7 rings (SSSR count). The van der Waals surface area contributed by atoms with Crippen LogP contribution in [0.3, 0.4) is 0 Å². The highest BCUT2D eigenvalue weighted by atomic mass is 19.1. The first-order valence-corrected chi connectivity index (χ1v) is 21.6. The summed E-state index contributed by atoms with van der Waals surface area (Å²) in [5.41, 5.74) is 3.49. The second-order valence-electron chi connectivity index (χ2n) is 15.3. The van der Waals surface area contributed by atoms with Gasteiger partial charge in [-0.15, -0.1) is 0 Å². The minimum absolute atomic E-state index is 0.0216. The van der Waals surface area contributed by atoms with Crippen LogP contribution in [0.5, 0.6) is 11.5 Å². The van der Waals surface area contributed by atoms with Gasteiger partial charge in [0.1, 0.15) is 12.4 Å². The van der Waals surface area contributed by atoms with E-state index in [1.54, 1.807) is 62.4 Å². The molecule has 2 atom stereocenters. The Kier molecular flexibility index (Phi) is 15.8. The van der Waals surface area contributed by atoms with E-state index in [0.717, 1.165) is 29.7 Å². The zero-order chi connectivity index (χ0) is 46.4. The number of carbonyl (C=O) groups is 2. The molecule has 0 saturated carbocycles. The van der Waals surface area contributed by atoms with Crippen LogP contribution in [-0.2, 0) is 22.6 Å². The van der Waals surface area contributed by atoms with Gasteiger partial charge in [-0.3, -0.25) is 25.5 Å². The van der Waals surface area contributed by atoms with Gasteiger partial charge < -0.3 is 24.3 Å². The van der Waals surface area contributed by atoms with Crippen LogP contribution in [0.25, 0.3) is 22.5 Å². The minimum Gasteiger partial charge on any atom is -0.492 e. The Morgan fingerprint density at radius 1 is 0.712 bits per heavy atom. The van der Waals surface area contributed by atoms with Gasteiger partial charge in [0.2, 0.25) is 0 Å². The van der Waals surface area contributed by atoms with Crippen LogP contribution in [0, 0.1) is 17.6 Å². The number of halogens is 2. The predicted molar refractivity (Wildman–Crippen MR) is 244 cm³/mol. The minimum atomic E-state index is -0.888. The second-order valence-corrected chi connectivity index (χ2v) is 15.3. The van der Waals surface area contributed by atoms with Crippen LogP contribution in [0.2, 0.25) is 0 Å². The average Bonchev–Trinajstić information content (AvgIpc) is 3.30. The molecule has 1 fully saturated rings. The Labute approximate surface area is 378 Å². The number of amides is 2. The number of anilines is 2. The summed E-state index contributed by atoms with van der Waals surface area (Å²) in [5, 5.41) is 21.1. The van der Waals surface area contributed by atoms with E-state index in [1.807, 2.05) is 30.3 Å². The van der Waals surface area contributed by atoms with Gasteiger partial charge in [-0.2, -0.15) is 10.2 Å². The molecule has 0 bridgehead atoms. The number of aromatic nitrogens is 4. The molecule has 4 aromatic carbocycles. The summed E-state index contributed by atoms with van der Waals surface area (Å²) in [6.07, 6.45) is 0.187. The predicted octanol–water partition coefficient (Wildman–Crippen LogP) is 7.02. The normalized spacial score (nSPS) is 14.5. The highest BCUT2D eigenvalue weighted by molar-refractivity contribution is 5.85. The number of carbonyl (C=O) groups excluding carboxylic acids is 2. The first kappa shape index (κ1) is 46.5. The molecule has 1 aliphatic heterocycles. The summed E-state index contributed by atoms with van der Waals surface area (Å²) >= 11 is 0. The van der Waals surface area contributed by atoms with Crippen molar-refractivity contribution in [2.75, 3.05) is 50.2 Å². The maximum atomic E-state index is 15.4. The lowest BCUT2D eigenvalue weighted by atomic mass is 9.96. The molecule has 66 heavy (non-hydrogen) atoms. The molecule has 2 unspecified atom stereocenters. The van der Waals surface area contributed by atoms with Crippen LogP contribution < -0.4 is 41.9 Å². The molecular weight excluding hydrogens is 855 g/mol. The van der Waals surface area contributed by atoms with E-state index in [0.29, 0.717) is 54.5 Å². The fraction of sp³-hybridized carbons (Fsp3) is 0.292. The van der Waals surface area contributed by atoms with Crippen molar-refractivity contribution in [3.8, 4) is 34.0 Å². The number of rotatable bonds is 18. The topological polar surface area (TPSA) is 189 Å². The number of nitrogens with one attached hydrogen (secondary N) is 4. The molecule has 0 radical (unpaired) electrons. The summed E-state index contributed by atoms with van der Waals surface area (Å²) < 4.78 is 54.9. The largest absolute Gasteiger partial charge is 0.492 e. The summed E-state index contributed by atoms with van der Waals surface area (Å²) in [4.78, 5) is 49.0. The fourth-order valence-electron chi connectivity index (χ4n) is 7.32. The molecular formula is C48H50F2N8O8. The number of piperidine rings is 1. The Hall–Kier alpha value is -7.44. The van der Waals surface area contributed by atoms with Crippen molar-refractivity contribution in [1.29, 1.82) is 0 Å². The van der Waals surface area contributed by atoms with Crippen LogP contribution in [-0.4, -0.2) is 77.4 Å². The molecule has 2 amide bonds. The summed E-state index contributed by atoms with van der Waals surface area (Å²) in [5.74, 6) is -1.58. The van der Waals surface area contributed by atoms with E-state index in [4.69, 9.17) is 18.9 Å². The number of ether oxygens (including phenoxy) is 4. The van der Waals surface area contributed by atoms with Crippen molar-refractivity contribution >= 4 is 23.6 Å².